The van der Waals surface area contributed by atoms with Gasteiger partial charge in [0, 0.05) is 36.4 Å². The van der Waals surface area contributed by atoms with E-state index >= 15 is 0 Å². The van der Waals surface area contributed by atoms with Crippen LogP contribution in [0.25, 0.3) is 5.69 Å². The average molecular weight is 390 g/mol. The number of aromatic nitrogens is 3. The van der Waals surface area contributed by atoms with Crippen molar-refractivity contribution in [3.8, 4) is 11.6 Å². The van der Waals surface area contributed by atoms with Crippen LogP contribution in [0, 0.1) is 13.8 Å². The van der Waals surface area contributed by atoms with Gasteiger partial charge in [0.1, 0.15) is 6.10 Å². The number of nitrogens with zero attached hydrogens (tertiary/aromatic N) is 3. The highest BCUT2D eigenvalue weighted by Crippen LogP contribution is 2.23. The molecule has 0 aromatic carbocycles. The maximum absolute atomic E-state index is 12.7. The monoisotopic (exact) mass is 390 g/mol. The Morgan fingerprint density at radius 3 is 2.72 bits per heavy atom. The smallest absolute Gasteiger partial charge is 0.253 e. The van der Waals surface area contributed by atoms with Crippen molar-refractivity contribution >= 4 is 5.91 Å². The molecule has 6 nitrogen and oxygen atoms in total. The Balaban J connectivity index is 1.40. The van der Waals surface area contributed by atoms with E-state index in [1.807, 2.05) is 48.7 Å². The van der Waals surface area contributed by atoms with Gasteiger partial charge in [0.15, 0.2) is 0 Å². The van der Waals surface area contributed by atoms with Gasteiger partial charge in [0.05, 0.1) is 17.4 Å². The van der Waals surface area contributed by atoms with E-state index in [2.05, 4.69) is 15.3 Å². The van der Waals surface area contributed by atoms with Gasteiger partial charge in [-0.05, 0) is 63.3 Å². The molecule has 6 heteroatoms. The highest BCUT2D eigenvalue weighted by Gasteiger charge is 2.18. The molecule has 0 atom stereocenters. The van der Waals surface area contributed by atoms with Crippen LogP contribution >= 0.6 is 0 Å². The summed E-state index contributed by atoms with van der Waals surface area (Å²) in [5.74, 6) is 0.562. The summed E-state index contributed by atoms with van der Waals surface area (Å²) in [5, 5.41) is 2.99. The van der Waals surface area contributed by atoms with Crippen LogP contribution < -0.4 is 10.1 Å². The first-order chi connectivity index (χ1) is 14.1. The largest absolute Gasteiger partial charge is 0.474 e. The van der Waals surface area contributed by atoms with Crippen LogP contribution in [0.5, 0.6) is 5.88 Å². The fraction of sp³-hybridized carbons (Fsp3) is 0.348. The van der Waals surface area contributed by atoms with E-state index in [0.29, 0.717) is 24.1 Å². The van der Waals surface area contributed by atoms with E-state index in [0.717, 1.165) is 35.5 Å². The first kappa shape index (κ1) is 19.2. The molecule has 1 fully saturated rings. The fourth-order valence-electron chi connectivity index (χ4n) is 3.92. The molecule has 29 heavy (non-hydrogen) atoms. The van der Waals surface area contributed by atoms with Crippen molar-refractivity contribution in [2.45, 2.75) is 52.2 Å². The van der Waals surface area contributed by atoms with Crippen LogP contribution in [0.15, 0.2) is 48.9 Å². The number of rotatable bonds is 6. The number of nitrogens with one attached hydrogen (secondary N) is 1. The summed E-state index contributed by atoms with van der Waals surface area (Å²) >= 11 is 0. The fourth-order valence-corrected chi connectivity index (χ4v) is 3.92. The summed E-state index contributed by atoms with van der Waals surface area (Å²) < 4.78 is 7.93. The molecule has 4 rings (SSSR count). The summed E-state index contributed by atoms with van der Waals surface area (Å²) in [6.07, 6.45) is 10.3. The zero-order valence-corrected chi connectivity index (χ0v) is 16.9. The van der Waals surface area contributed by atoms with Gasteiger partial charge in [-0.1, -0.05) is 6.07 Å². The van der Waals surface area contributed by atoms with E-state index in [4.69, 9.17) is 4.74 Å². The quantitative estimate of drug-likeness (QED) is 0.687. The highest BCUT2D eigenvalue weighted by molar-refractivity contribution is 5.95. The van der Waals surface area contributed by atoms with E-state index in [-0.39, 0.29) is 5.91 Å². The molecular weight excluding hydrogens is 364 g/mol. The Labute approximate surface area is 171 Å². The van der Waals surface area contributed by atoms with E-state index in [9.17, 15) is 4.79 Å². The number of amides is 1. The first-order valence-corrected chi connectivity index (χ1v) is 10.1. The van der Waals surface area contributed by atoms with Crippen LogP contribution in [0.1, 0.15) is 53.0 Å². The number of aryl methyl sites for hydroxylation is 1. The summed E-state index contributed by atoms with van der Waals surface area (Å²) in [6.45, 7) is 4.36. The van der Waals surface area contributed by atoms with Crippen molar-refractivity contribution in [3.05, 3.63) is 71.4 Å². The van der Waals surface area contributed by atoms with Crippen molar-refractivity contribution in [2.75, 3.05) is 0 Å². The van der Waals surface area contributed by atoms with Gasteiger partial charge in [-0.25, -0.2) is 4.98 Å². The maximum Gasteiger partial charge on any atom is 0.253 e. The van der Waals surface area contributed by atoms with Gasteiger partial charge < -0.3 is 14.6 Å². The molecule has 3 heterocycles. The van der Waals surface area contributed by atoms with Crippen LogP contribution in [0.3, 0.4) is 0 Å². The molecule has 3 aromatic rings. The molecule has 0 radical (unpaired) electrons. The molecule has 0 bridgehead atoms. The summed E-state index contributed by atoms with van der Waals surface area (Å²) in [5.41, 5.74) is 4.45. The van der Waals surface area contributed by atoms with Crippen LogP contribution in [-0.4, -0.2) is 26.5 Å². The predicted octanol–water partition coefficient (Wildman–Crippen LogP) is 4.14. The second kappa shape index (κ2) is 8.47. The Kier molecular flexibility index (Phi) is 5.60. The van der Waals surface area contributed by atoms with E-state index < -0.39 is 0 Å². The summed E-state index contributed by atoms with van der Waals surface area (Å²) in [6, 6.07) is 9.62. The molecule has 1 aliphatic carbocycles. The third-order valence-electron chi connectivity index (χ3n) is 5.42. The number of hydrogen-bond donors (Lipinski definition) is 1. The Bertz CT molecular complexity index is 974. The van der Waals surface area contributed by atoms with Gasteiger partial charge >= 0.3 is 0 Å². The van der Waals surface area contributed by atoms with Gasteiger partial charge in [-0.15, -0.1) is 0 Å². The number of pyridine rings is 2. The van der Waals surface area contributed by atoms with Crippen molar-refractivity contribution in [1.29, 1.82) is 0 Å². The summed E-state index contributed by atoms with van der Waals surface area (Å²) in [4.78, 5) is 21.3. The second-order valence-electron chi connectivity index (χ2n) is 7.54. The molecule has 0 saturated heterocycles. The predicted molar refractivity (Wildman–Crippen MR) is 111 cm³/mol. The molecule has 0 spiro atoms. The lowest BCUT2D eigenvalue weighted by atomic mass is 10.2. The second-order valence-corrected chi connectivity index (χ2v) is 7.54. The topological polar surface area (TPSA) is 69.0 Å². The number of hydrogen-bond acceptors (Lipinski definition) is 4. The number of carbonyl (C=O) groups is 1. The van der Waals surface area contributed by atoms with Crippen molar-refractivity contribution in [3.63, 3.8) is 0 Å². The van der Waals surface area contributed by atoms with Crippen LogP contribution in [0.4, 0.5) is 0 Å². The summed E-state index contributed by atoms with van der Waals surface area (Å²) in [7, 11) is 0. The SMILES string of the molecule is Cc1cc(C(=O)NCc2ccc(OC3CCCC3)nc2)c(C)n1-c1cccnc1. The minimum Gasteiger partial charge on any atom is -0.474 e. The first-order valence-electron chi connectivity index (χ1n) is 10.1. The molecule has 3 aromatic heterocycles. The normalized spacial score (nSPS) is 14.1. The standard InChI is InChI=1S/C23H26N4O2/c1-16-12-21(17(2)27(16)19-6-5-11-24-15-19)23(28)26-14-18-9-10-22(25-13-18)29-20-7-3-4-8-20/h5-6,9-13,15,20H,3-4,7-8,14H2,1-2H3,(H,26,28). The Morgan fingerprint density at radius 2 is 2.03 bits per heavy atom. The molecule has 150 valence electrons. The molecule has 1 saturated carbocycles. The van der Waals surface area contributed by atoms with E-state index in [1.165, 1.54) is 12.8 Å². The van der Waals surface area contributed by atoms with Crippen molar-refractivity contribution < 1.29 is 9.53 Å². The van der Waals surface area contributed by atoms with Crippen molar-refractivity contribution in [1.82, 2.24) is 19.9 Å². The maximum atomic E-state index is 12.7. The zero-order chi connectivity index (χ0) is 20.2. The Morgan fingerprint density at radius 1 is 1.21 bits per heavy atom. The molecule has 1 amide bonds. The molecule has 1 N–H and O–H groups in total. The lowest BCUT2D eigenvalue weighted by molar-refractivity contribution is 0.0950. The third-order valence-corrected chi connectivity index (χ3v) is 5.42. The lowest BCUT2D eigenvalue weighted by Gasteiger charge is -2.12. The van der Waals surface area contributed by atoms with Gasteiger partial charge in [-0.3, -0.25) is 9.78 Å². The van der Waals surface area contributed by atoms with Crippen molar-refractivity contribution in [2.24, 2.45) is 0 Å². The van der Waals surface area contributed by atoms with Gasteiger partial charge in [-0.2, -0.15) is 0 Å². The Hall–Kier alpha value is -3.15. The molecular formula is C23H26N4O2. The minimum absolute atomic E-state index is 0.0977. The average Bonchev–Trinajstić information content (AvgIpc) is 3.35. The molecule has 0 aliphatic heterocycles. The molecule has 1 aliphatic rings. The minimum atomic E-state index is -0.0977. The van der Waals surface area contributed by atoms with Gasteiger partial charge in [0.2, 0.25) is 5.88 Å². The number of ether oxygens (including phenoxy) is 1. The van der Waals surface area contributed by atoms with Crippen LogP contribution in [0.2, 0.25) is 0 Å². The highest BCUT2D eigenvalue weighted by atomic mass is 16.5. The van der Waals surface area contributed by atoms with Gasteiger partial charge in [0.25, 0.3) is 5.91 Å². The zero-order valence-electron chi connectivity index (χ0n) is 16.9. The lowest BCUT2D eigenvalue weighted by Crippen LogP contribution is -2.23. The third kappa shape index (κ3) is 4.31. The number of carbonyl (C=O) groups excluding carboxylic acids is 1. The van der Waals surface area contributed by atoms with E-state index in [1.54, 1.807) is 18.6 Å². The van der Waals surface area contributed by atoms with Crippen LogP contribution in [-0.2, 0) is 6.54 Å². The molecule has 0 unspecified atom stereocenters.